The highest BCUT2D eigenvalue weighted by Gasteiger charge is 2.40. The molecule has 3 heterocycles. The molecular formula is C23H29FN6O3. The molecule has 2 aliphatic rings. The lowest BCUT2D eigenvalue weighted by atomic mass is 9.99. The number of imidazole rings is 1. The van der Waals surface area contributed by atoms with Crippen LogP contribution in [-0.2, 0) is 16.1 Å². The fourth-order valence-corrected chi connectivity index (χ4v) is 4.53. The maximum atomic E-state index is 13.4. The van der Waals surface area contributed by atoms with Gasteiger partial charge in [-0.2, -0.15) is 0 Å². The van der Waals surface area contributed by atoms with Gasteiger partial charge in [-0.25, -0.2) is 9.37 Å². The number of aliphatic hydroxyl groups excluding tert-OH is 1. The Hall–Kier alpha value is -3.24. The average Bonchev–Trinajstić information content (AvgIpc) is 3.33. The number of hydrogen-bond donors (Lipinski definition) is 3. The van der Waals surface area contributed by atoms with Crippen molar-refractivity contribution in [1.29, 1.82) is 0 Å². The second-order valence-electron chi connectivity index (χ2n) is 8.33. The van der Waals surface area contributed by atoms with Crippen molar-refractivity contribution in [2.45, 2.75) is 45.1 Å². The van der Waals surface area contributed by atoms with Crippen molar-refractivity contribution in [2.75, 3.05) is 19.6 Å². The number of Topliss-reactive ketones (excluding diaryl/α,β-unsaturated/α-hetero) is 1. The molecule has 4 rings (SSSR count). The zero-order valence-corrected chi connectivity index (χ0v) is 18.6. The summed E-state index contributed by atoms with van der Waals surface area (Å²) in [5.74, 6) is -0.642. The lowest BCUT2D eigenvalue weighted by Gasteiger charge is -2.42. The van der Waals surface area contributed by atoms with Gasteiger partial charge in [0.1, 0.15) is 23.0 Å². The molecule has 0 radical (unpaired) electrons. The second-order valence-corrected chi connectivity index (χ2v) is 8.33. The van der Waals surface area contributed by atoms with Crippen molar-refractivity contribution in [1.82, 2.24) is 24.7 Å². The number of hydrogen-bond acceptors (Lipinski definition) is 7. The Balaban J connectivity index is 1.61. The molecule has 1 saturated heterocycles. The van der Waals surface area contributed by atoms with E-state index in [1.54, 1.807) is 31.5 Å². The summed E-state index contributed by atoms with van der Waals surface area (Å²) in [6.45, 7) is 2.76. The molecule has 0 aliphatic carbocycles. The van der Waals surface area contributed by atoms with Gasteiger partial charge >= 0.3 is 0 Å². The molecule has 9 nitrogen and oxygen atoms in total. The first-order chi connectivity index (χ1) is 15.9. The topological polar surface area (TPSA) is 119 Å². The molecular weight excluding hydrogens is 427 g/mol. The number of benzene rings is 1. The number of aromatic nitrogens is 2. The highest BCUT2D eigenvalue weighted by atomic mass is 19.1. The van der Waals surface area contributed by atoms with E-state index >= 15 is 0 Å². The monoisotopic (exact) mass is 456 g/mol. The standard InChI is InChI=1S/C23H29FN6O3/c1-2-29-22(32)19(20(25)30(23(29)33)13-15-6-8-16(24)9-7-15)18(31)14-28-12-4-3-5-17(28)21-26-10-11-27-21/h6-11,17,23,33H,2-5,12-14,25H2,1H3,(H,26,27)/t17-,23?/m1/s1. The van der Waals surface area contributed by atoms with Gasteiger partial charge in [0.2, 0.25) is 6.35 Å². The largest absolute Gasteiger partial charge is 0.384 e. The van der Waals surface area contributed by atoms with E-state index in [0.717, 1.165) is 25.1 Å². The molecule has 0 saturated carbocycles. The van der Waals surface area contributed by atoms with Gasteiger partial charge in [-0.3, -0.25) is 19.4 Å². The lowest BCUT2D eigenvalue weighted by molar-refractivity contribution is -0.158. The highest BCUT2D eigenvalue weighted by molar-refractivity contribution is 6.20. The number of likely N-dealkylation sites (tertiary alicyclic amines) is 1. The third-order valence-corrected chi connectivity index (χ3v) is 6.28. The number of nitrogens with one attached hydrogen (secondary N) is 1. The van der Waals surface area contributed by atoms with Crippen molar-refractivity contribution in [3.63, 3.8) is 0 Å². The van der Waals surface area contributed by atoms with Crippen molar-refractivity contribution in [3.05, 3.63) is 65.3 Å². The first-order valence-corrected chi connectivity index (χ1v) is 11.2. The van der Waals surface area contributed by atoms with Crippen LogP contribution in [0.2, 0.25) is 0 Å². The number of halogens is 1. The summed E-state index contributed by atoms with van der Waals surface area (Å²) in [6.07, 6.45) is 4.95. The number of nitrogens with two attached hydrogens (primary N) is 1. The molecule has 4 N–H and O–H groups in total. The van der Waals surface area contributed by atoms with E-state index in [9.17, 15) is 19.1 Å². The zero-order valence-electron chi connectivity index (χ0n) is 18.6. The van der Waals surface area contributed by atoms with Crippen LogP contribution in [0.4, 0.5) is 4.39 Å². The van der Waals surface area contributed by atoms with Gasteiger partial charge in [-0.05, 0) is 44.0 Å². The van der Waals surface area contributed by atoms with Crippen LogP contribution in [0.3, 0.4) is 0 Å². The predicted octanol–water partition coefficient (Wildman–Crippen LogP) is 1.46. The molecule has 1 aromatic carbocycles. The maximum absolute atomic E-state index is 13.4. The number of carbonyl (C=O) groups is 2. The molecule has 2 aromatic rings. The quantitative estimate of drug-likeness (QED) is 0.540. The molecule has 1 amide bonds. The number of nitrogens with zero attached hydrogens (tertiary/aromatic N) is 4. The van der Waals surface area contributed by atoms with Crippen LogP contribution in [0, 0.1) is 5.82 Å². The van der Waals surface area contributed by atoms with Crippen LogP contribution in [0.5, 0.6) is 0 Å². The van der Waals surface area contributed by atoms with E-state index in [2.05, 4.69) is 9.97 Å². The molecule has 1 unspecified atom stereocenters. The lowest BCUT2D eigenvalue weighted by Crippen LogP contribution is -2.58. The van der Waals surface area contributed by atoms with Gasteiger partial charge in [0.05, 0.1) is 12.6 Å². The maximum Gasteiger partial charge on any atom is 0.264 e. The highest BCUT2D eigenvalue weighted by Crippen LogP contribution is 2.30. The molecule has 2 aliphatic heterocycles. The number of ketones is 1. The number of rotatable bonds is 7. The third kappa shape index (κ3) is 4.62. The molecule has 0 bridgehead atoms. The Morgan fingerprint density at radius 2 is 2.03 bits per heavy atom. The Kier molecular flexibility index (Phi) is 6.75. The molecule has 1 fully saturated rings. The van der Waals surface area contributed by atoms with Crippen LogP contribution < -0.4 is 5.73 Å². The number of amides is 1. The van der Waals surface area contributed by atoms with E-state index in [1.165, 1.54) is 21.9 Å². The molecule has 0 spiro atoms. The fraction of sp³-hybridized carbons (Fsp3) is 0.435. The zero-order chi connectivity index (χ0) is 23.5. The Labute approximate surface area is 191 Å². The summed E-state index contributed by atoms with van der Waals surface area (Å²) in [4.78, 5) is 38.6. The molecule has 176 valence electrons. The van der Waals surface area contributed by atoms with Crippen molar-refractivity contribution in [2.24, 2.45) is 5.73 Å². The van der Waals surface area contributed by atoms with Gasteiger partial charge in [0.25, 0.3) is 5.91 Å². The fourth-order valence-electron chi connectivity index (χ4n) is 4.53. The molecule has 2 atom stereocenters. The van der Waals surface area contributed by atoms with Crippen LogP contribution in [0.1, 0.15) is 43.6 Å². The molecule has 1 aromatic heterocycles. The number of piperidine rings is 1. The van der Waals surface area contributed by atoms with Crippen molar-refractivity contribution < 1.29 is 19.1 Å². The van der Waals surface area contributed by atoms with Crippen molar-refractivity contribution >= 4 is 11.7 Å². The van der Waals surface area contributed by atoms with Crippen molar-refractivity contribution in [3.8, 4) is 0 Å². The van der Waals surface area contributed by atoms with Crippen LogP contribution >= 0.6 is 0 Å². The normalized spacial score (nSPS) is 22.2. The average molecular weight is 457 g/mol. The van der Waals surface area contributed by atoms with Gasteiger partial charge in [0.15, 0.2) is 5.78 Å². The number of aliphatic hydroxyl groups is 1. The van der Waals surface area contributed by atoms with Gasteiger partial charge in [-0.15, -0.1) is 0 Å². The van der Waals surface area contributed by atoms with E-state index in [4.69, 9.17) is 5.73 Å². The second kappa shape index (κ2) is 9.72. The Morgan fingerprint density at radius 3 is 2.70 bits per heavy atom. The van der Waals surface area contributed by atoms with E-state index in [0.29, 0.717) is 12.1 Å². The Bertz CT molecular complexity index is 1020. The summed E-state index contributed by atoms with van der Waals surface area (Å²) in [5.41, 5.74) is 6.85. The van der Waals surface area contributed by atoms with Gasteiger partial charge in [-0.1, -0.05) is 18.6 Å². The summed E-state index contributed by atoms with van der Waals surface area (Å²) in [5, 5.41) is 10.8. The number of carbonyl (C=O) groups excluding carboxylic acids is 2. The first-order valence-electron chi connectivity index (χ1n) is 11.2. The third-order valence-electron chi connectivity index (χ3n) is 6.28. The van der Waals surface area contributed by atoms with Crippen LogP contribution in [0.15, 0.2) is 48.1 Å². The SMILES string of the molecule is CCN1C(=O)C(C(=O)CN2CCCC[C@@H]2c2ncc[nH]2)=C(N)N(Cc2ccc(F)cc2)C1O. The summed E-state index contributed by atoms with van der Waals surface area (Å²) in [6, 6.07) is 5.73. The minimum atomic E-state index is -1.32. The minimum Gasteiger partial charge on any atom is -0.384 e. The van der Waals surface area contributed by atoms with Gasteiger partial charge < -0.3 is 20.7 Å². The predicted molar refractivity (Wildman–Crippen MR) is 118 cm³/mol. The minimum absolute atomic E-state index is 0.0190. The molecule has 33 heavy (non-hydrogen) atoms. The summed E-state index contributed by atoms with van der Waals surface area (Å²) in [7, 11) is 0. The molecule has 10 heteroatoms. The van der Waals surface area contributed by atoms with Crippen LogP contribution in [-0.4, -0.2) is 67.5 Å². The van der Waals surface area contributed by atoms with Gasteiger partial charge in [0, 0.05) is 25.5 Å². The van der Waals surface area contributed by atoms with E-state index in [-0.39, 0.29) is 42.9 Å². The first kappa shape index (κ1) is 22.9. The van der Waals surface area contributed by atoms with E-state index in [1.807, 2.05) is 4.90 Å². The van der Waals surface area contributed by atoms with E-state index < -0.39 is 18.0 Å². The summed E-state index contributed by atoms with van der Waals surface area (Å²) < 4.78 is 13.3. The Morgan fingerprint density at radius 1 is 1.27 bits per heavy atom. The smallest absolute Gasteiger partial charge is 0.264 e. The van der Waals surface area contributed by atoms with Crippen LogP contribution in [0.25, 0.3) is 0 Å². The number of aromatic amines is 1. The number of likely N-dealkylation sites (N-methyl/N-ethyl adjacent to an activating group) is 1. The summed E-state index contributed by atoms with van der Waals surface area (Å²) >= 11 is 0. The number of H-pyrrole nitrogens is 1.